The Morgan fingerprint density at radius 2 is 0.287 bits per heavy atom. The van der Waals surface area contributed by atoms with E-state index in [4.69, 9.17) is 0 Å². The fourth-order valence-corrected chi connectivity index (χ4v) is 37.0. The van der Waals surface area contributed by atoms with Crippen molar-refractivity contribution in [2.45, 2.75) is 479 Å². The van der Waals surface area contributed by atoms with E-state index in [1.54, 1.807) is 89.9 Å². The van der Waals surface area contributed by atoms with Crippen LogP contribution in [0.2, 0.25) is 0 Å². The lowest BCUT2D eigenvalue weighted by Gasteiger charge is -2.69. The average molecular weight is 1490 g/mol. The maximum Gasteiger partial charge on any atom is 0.0147 e. The molecule has 16 atom stereocenters. The largest absolute Gasteiger partial charge is 0.294 e. The highest BCUT2D eigenvalue weighted by molar-refractivity contribution is 5.17. The molecule has 16 unspecified atom stereocenters. The summed E-state index contributed by atoms with van der Waals surface area (Å²) in [5, 5.41) is 0. The Kier molecular flexibility index (Phi) is 26.7. The van der Waals surface area contributed by atoms with Crippen LogP contribution in [0.5, 0.6) is 0 Å². The van der Waals surface area contributed by atoms with Crippen molar-refractivity contribution in [1.29, 1.82) is 0 Å². The molecule has 0 aliphatic heterocycles. The molecule has 108 heavy (non-hydrogen) atoms. The van der Waals surface area contributed by atoms with Gasteiger partial charge in [-0.3, -0.25) is 19.6 Å². The van der Waals surface area contributed by atoms with E-state index >= 15 is 0 Å². The van der Waals surface area contributed by atoms with E-state index in [9.17, 15) is 0 Å². The zero-order chi connectivity index (χ0) is 75.1. The SMILES string of the molecule is CC1CCC(N(C2CCC(C3C(C)CC(C)CC3C)CC2)C2CC(N(C3CCC(C)CC3)C3CCC(C4C(C)CC(C)CC4C)CC3)C3CCC4C5C(CCC2C35)C(N(C2CCC(C)CC2)C2CCC(C3C(C)CC(C)CC3C)CC2)CC4N(C2CCC(C)CC2)C2CCC(C3C(C)CC(C)CC3C)CC2)CC1. The third kappa shape index (κ3) is 17.0. The maximum atomic E-state index is 3.70. The molecule has 0 aromatic carbocycles. The molecule has 0 saturated heterocycles. The first-order valence-corrected chi connectivity index (χ1v) is 51.2. The van der Waals surface area contributed by atoms with Gasteiger partial charge < -0.3 is 0 Å². The lowest BCUT2D eigenvalue weighted by Crippen LogP contribution is -2.72. The van der Waals surface area contributed by atoms with Gasteiger partial charge in [0.2, 0.25) is 0 Å². The van der Waals surface area contributed by atoms with Crippen molar-refractivity contribution in [1.82, 2.24) is 19.6 Å². The van der Waals surface area contributed by atoms with E-state index in [0.717, 1.165) is 250 Å². The van der Waals surface area contributed by atoms with Gasteiger partial charge in [-0.1, -0.05) is 111 Å². The molecule has 0 aromatic rings. The van der Waals surface area contributed by atoms with E-state index in [-0.39, 0.29) is 0 Å². The van der Waals surface area contributed by atoms with Gasteiger partial charge in [0.25, 0.3) is 0 Å². The Morgan fingerprint density at radius 3 is 0.444 bits per heavy atom. The summed E-state index contributed by atoms with van der Waals surface area (Å²) in [6.07, 6.45) is 69.9. The molecule has 16 rings (SSSR count). The van der Waals surface area contributed by atoms with Crippen molar-refractivity contribution in [3.63, 3.8) is 0 Å². The molecule has 16 fully saturated rings. The summed E-state index contributed by atoms with van der Waals surface area (Å²) in [5.41, 5.74) is 0. The quantitative estimate of drug-likeness (QED) is 0.153. The van der Waals surface area contributed by atoms with E-state index in [0.29, 0.717) is 0 Å². The third-order valence-corrected chi connectivity index (χ3v) is 40.5. The first-order chi connectivity index (χ1) is 52.1. The Bertz CT molecular complexity index is 2320. The topological polar surface area (TPSA) is 13.0 Å². The molecule has 0 bridgehead atoms. The predicted molar refractivity (Wildman–Crippen MR) is 461 cm³/mol. The Labute approximate surface area is 671 Å². The highest BCUT2D eigenvalue weighted by Crippen LogP contribution is 2.66. The van der Waals surface area contributed by atoms with Crippen LogP contribution in [0.3, 0.4) is 0 Å². The number of nitrogens with zero attached hydrogens (tertiary/aromatic N) is 4. The maximum absolute atomic E-state index is 3.70. The Morgan fingerprint density at radius 1 is 0.139 bits per heavy atom. The molecule has 0 N–H and O–H groups in total. The van der Waals surface area contributed by atoms with Gasteiger partial charge in [0.15, 0.2) is 0 Å². The summed E-state index contributed by atoms with van der Waals surface area (Å²) in [7, 11) is 0. The van der Waals surface area contributed by atoms with Crippen molar-refractivity contribution in [3.8, 4) is 0 Å². The summed E-state index contributed by atoms with van der Waals surface area (Å²) < 4.78 is 0. The van der Waals surface area contributed by atoms with Gasteiger partial charge in [-0.2, -0.15) is 0 Å². The summed E-state index contributed by atoms with van der Waals surface area (Å²) in [6.45, 7) is 42.9. The van der Waals surface area contributed by atoms with Gasteiger partial charge in [-0.15, -0.1) is 0 Å². The Balaban J connectivity index is 0.813. The number of hydrogen-bond donors (Lipinski definition) is 0. The van der Waals surface area contributed by atoms with Crippen LogP contribution in [0.15, 0.2) is 0 Å². The van der Waals surface area contributed by atoms with Gasteiger partial charge in [-0.25, -0.2) is 0 Å². The second-order valence-electron chi connectivity index (χ2n) is 47.9. The second-order valence-corrected chi connectivity index (χ2v) is 47.9. The highest BCUT2D eigenvalue weighted by Gasteiger charge is 2.65. The third-order valence-electron chi connectivity index (χ3n) is 40.5. The van der Waals surface area contributed by atoms with Crippen molar-refractivity contribution >= 4 is 0 Å². The van der Waals surface area contributed by atoms with Crippen molar-refractivity contribution in [2.24, 2.45) is 178 Å². The normalized spacial score (nSPS) is 53.7. The minimum atomic E-state index is 0.785. The average Bonchev–Trinajstić information content (AvgIpc) is 0.699. The first-order valence-electron chi connectivity index (χ1n) is 51.2. The molecule has 4 heteroatoms. The molecular weight excluding hydrogens is 1310 g/mol. The smallest absolute Gasteiger partial charge is 0.0147 e. The van der Waals surface area contributed by atoms with Crippen LogP contribution >= 0.6 is 0 Å². The minimum absolute atomic E-state index is 0.785. The standard InChI is InChI=1S/C104H182N4/c1-63-17-33-83(34-18-63)105(87-41-25-79(26-42-87)99-71(9)53-67(5)54-72(99)10)95-61-96(106(84-35-19-64(2)20-36-84)88-43-27-80(28-44-88)100-73(11)55-68(6)56-74(100)12)92-51-52-94-98(108(86-39-23-66(4)24-40-86)90-47-31-82(32-48-90)102-77(15)59-70(8)60-78(102)16)62-97(93-50-49-91(95)103(92)104(93)94)107(85-37-21-65(3)22-38-85)89-45-29-81(30-46-89)101-75(13)57-69(7)58-76(101)14/h63-104H,17-62H2,1-16H3. The van der Waals surface area contributed by atoms with Gasteiger partial charge in [0.1, 0.15) is 0 Å². The summed E-state index contributed by atoms with van der Waals surface area (Å²) in [6, 6.07) is 9.64. The lowest BCUT2D eigenvalue weighted by molar-refractivity contribution is -0.197. The van der Waals surface area contributed by atoms with E-state index in [1.807, 2.05) is 0 Å². The van der Waals surface area contributed by atoms with Crippen LogP contribution in [-0.4, -0.2) is 92.1 Å². The van der Waals surface area contributed by atoms with Gasteiger partial charge in [0.05, 0.1) is 0 Å². The number of rotatable bonds is 16. The minimum Gasteiger partial charge on any atom is -0.294 e. The zero-order valence-electron chi connectivity index (χ0n) is 74.6. The fraction of sp³-hybridized carbons (Fsp3) is 1.00. The van der Waals surface area contributed by atoms with Gasteiger partial charge >= 0.3 is 0 Å². The molecule has 0 radical (unpaired) electrons. The summed E-state index contributed by atoms with van der Waals surface area (Å²) in [4.78, 5) is 14.8. The lowest BCUT2D eigenvalue weighted by atomic mass is 9.44. The molecule has 0 spiro atoms. The van der Waals surface area contributed by atoms with E-state index in [2.05, 4.69) is 130 Å². The Hall–Kier alpha value is -0.160. The molecule has 0 aromatic heterocycles. The van der Waals surface area contributed by atoms with Crippen LogP contribution in [0.4, 0.5) is 0 Å². The van der Waals surface area contributed by atoms with Gasteiger partial charge in [-0.05, 0) is 473 Å². The monoisotopic (exact) mass is 1490 g/mol. The molecule has 16 saturated carbocycles. The predicted octanol–water partition coefficient (Wildman–Crippen LogP) is 27.6. The molecule has 0 amide bonds. The second kappa shape index (κ2) is 35.4. The molecule has 16 aliphatic rings. The zero-order valence-corrected chi connectivity index (χ0v) is 74.6. The number of hydrogen-bond acceptors (Lipinski definition) is 4. The van der Waals surface area contributed by atoms with E-state index in [1.165, 1.54) is 205 Å². The molecule has 0 heterocycles. The van der Waals surface area contributed by atoms with E-state index < -0.39 is 0 Å². The summed E-state index contributed by atoms with van der Waals surface area (Å²) in [5.74, 6) is 27.7. The van der Waals surface area contributed by atoms with Crippen LogP contribution in [0.25, 0.3) is 0 Å². The van der Waals surface area contributed by atoms with Crippen LogP contribution in [0.1, 0.15) is 406 Å². The summed E-state index contributed by atoms with van der Waals surface area (Å²) >= 11 is 0. The molecular formula is C104H182N4. The molecule has 618 valence electrons. The highest BCUT2D eigenvalue weighted by atomic mass is 15.3. The van der Waals surface area contributed by atoms with Crippen LogP contribution in [0, 0.1) is 178 Å². The first kappa shape index (κ1) is 81.6. The van der Waals surface area contributed by atoms with Gasteiger partial charge in [0, 0.05) is 72.5 Å². The molecule has 16 aliphatic carbocycles. The van der Waals surface area contributed by atoms with Crippen molar-refractivity contribution in [2.75, 3.05) is 0 Å². The van der Waals surface area contributed by atoms with Crippen molar-refractivity contribution in [3.05, 3.63) is 0 Å². The molecule has 4 nitrogen and oxygen atoms in total. The fourth-order valence-electron chi connectivity index (χ4n) is 37.0. The van der Waals surface area contributed by atoms with Crippen LogP contribution < -0.4 is 0 Å². The van der Waals surface area contributed by atoms with Crippen molar-refractivity contribution < 1.29 is 0 Å². The van der Waals surface area contributed by atoms with Crippen LogP contribution in [-0.2, 0) is 0 Å².